The SMILES string of the molecule is CCOC(=O)c1ccc(NC(=O)CC2C(=O)N(c3ccc(Cl)cc3)C(=O)N2CCc2ccc(OC)cc2)cc1. The second-order valence-electron chi connectivity index (χ2n) is 8.79. The number of nitrogens with zero attached hydrogens (tertiary/aromatic N) is 2. The maximum atomic E-state index is 13.5. The van der Waals surface area contributed by atoms with E-state index in [1.54, 1.807) is 62.6 Å². The van der Waals surface area contributed by atoms with Crippen molar-refractivity contribution in [2.75, 3.05) is 30.5 Å². The van der Waals surface area contributed by atoms with E-state index in [0.29, 0.717) is 34.1 Å². The summed E-state index contributed by atoms with van der Waals surface area (Å²) in [6.45, 7) is 2.20. The maximum absolute atomic E-state index is 13.5. The van der Waals surface area contributed by atoms with Gasteiger partial charge in [0.2, 0.25) is 5.91 Å². The Labute approximate surface area is 231 Å². The summed E-state index contributed by atoms with van der Waals surface area (Å²) in [5, 5.41) is 3.21. The summed E-state index contributed by atoms with van der Waals surface area (Å²) in [4.78, 5) is 54.2. The summed E-state index contributed by atoms with van der Waals surface area (Å²) in [5.41, 5.74) is 2.13. The molecular weight excluding hydrogens is 522 g/mol. The number of ether oxygens (including phenoxy) is 2. The predicted molar refractivity (Wildman–Crippen MR) is 147 cm³/mol. The third-order valence-corrected chi connectivity index (χ3v) is 6.51. The van der Waals surface area contributed by atoms with Gasteiger partial charge in [-0.3, -0.25) is 9.59 Å². The van der Waals surface area contributed by atoms with E-state index in [1.165, 1.54) is 4.90 Å². The molecule has 1 atom stereocenters. The first-order chi connectivity index (χ1) is 18.8. The molecule has 1 aliphatic heterocycles. The Morgan fingerprint density at radius 2 is 1.62 bits per heavy atom. The van der Waals surface area contributed by atoms with Crippen molar-refractivity contribution >= 4 is 46.8 Å². The minimum atomic E-state index is -0.995. The van der Waals surface area contributed by atoms with Crippen LogP contribution in [0.5, 0.6) is 5.75 Å². The van der Waals surface area contributed by atoms with Crippen LogP contribution in [0.2, 0.25) is 5.02 Å². The Morgan fingerprint density at radius 3 is 2.23 bits per heavy atom. The van der Waals surface area contributed by atoms with E-state index < -0.39 is 29.9 Å². The smallest absolute Gasteiger partial charge is 0.338 e. The highest BCUT2D eigenvalue weighted by atomic mass is 35.5. The van der Waals surface area contributed by atoms with Gasteiger partial charge >= 0.3 is 12.0 Å². The number of halogens is 1. The lowest BCUT2D eigenvalue weighted by Crippen LogP contribution is -2.39. The number of rotatable bonds is 10. The number of urea groups is 1. The average molecular weight is 550 g/mol. The van der Waals surface area contributed by atoms with Crippen LogP contribution in [0, 0.1) is 0 Å². The number of carbonyl (C=O) groups excluding carboxylic acids is 4. The molecule has 0 bridgehead atoms. The van der Waals surface area contributed by atoms with E-state index in [1.807, 2.05) is 24.3 Å². The van der Waals surface area contributed by atoms with Crippen LogP contribution in [0.4, 0.5) is 16.2 Å². The molecule has 0 spiro atoms. The number of amides is 4. The summed E-state index contributed by atoms with van der Waals surface area (Å²) < 4.78 is 10.2. The number of anilines is 2. The number of hydrogen-bond acceptors (Lipinski definition) is 6. The van der Waals surface area contributed by atoms with Gasteiger partial charge in [0.25, 0.3) is 5.91 Å². The molecule has 3 aromatic carbocycles. The van der Waals surface area contributed by atoms with Gasteiger partial charge in [-0.05, 0) is 79.6 Å². The molecule has 4 rings (SSSR count). The van der Waals surface area contributed by atoms with Crippen LogP contribution in [0.15, 0.2) is 72.8 Å². The third kappa shape index (κ3) is 6.56. The quantitative estimate of drug-likeness (QED) is 0.284. The Kier molecular flexibility index (Phi) is 8.83. The van der Waals surface area contributed by atoms with E-state index in [-0.39, 0.29) is 19.6 Å². The highest BCUT2D eigenvalue weighted by Crippen LogP contribution is 2.28. The molecule has 39 heavy (non-hydrogen) atoms. The molecule has 1 fully saturated rings. The third-order valence-electron chi connectivity index (χ3n) is 6.26. The van der Waals surface area contributed by atoms with Crippen molar-refractivity contribution in [1.29, 1.82) is 0 Å². The Hall–Kier alpha value is -4.37. The lowest BCUT2D eigenvalue weighted by Gasteiger charge is -2.21. The minimum Gasteiger partial charge on any atom is -0.497 e. The lowest BCUT2D eigenvalue weighted by atomic mass is 10.1. The fourth-order valence-corrected chi connectivity index (χ4v) is 4.37. The van der Waals surface area contributed by atoms with Gasteiger partial charge in [-0.2, -0.15) is 0 Å². The largest absolute Gasteiger partial charge is 0.497 e. The van der Waals surface area contributed by atoms with Crippen LogP contribution < -0.4 is 15.0 Å². The molecular formula is C29H28ClN3O6. The minimum absolute atomic E-state index is 0.229. The molecule has 10 heteroatoms. The van der Waals surface area contributed by atoms with Gasteiger partial charge in [0, 0.05) is 17.3 Å². The summed E-state index contributed by atoms with van der Waals surface area (Å²) in [6.07, 6.45) is 0.238. The number of imide groups is 1. The van der Waals surface area contributed by atoms with Gasteiger partial charge in [0.15, 0.2) is 0 Å². The van der Waals surface area contributed by atoms with Gasteiger partial charge in [0.1, 0.15) is 11.8 Å². The number of esters is 1. The summed E-state index contributed by atoms with van der Waals surface area (Å²) in [5.74, 6) is -0.688. The maximum Gasteiger partial charge on any atom is 0.338 e. The van der Waals surface area contributed by atoms with Crippen LogP contribution in [0.1, 0.15) is 29.3 Å². The van der Waals surface area contributed by atoms with Crippen molar-refractivity contribution in [3.05, 3.63) is 88.9 Å². The topological polar surface area (TPSA) is 105 Å². The Balaban J connectivity index is 1.50. The molecule has 0 aliphatic carbocycles. The van der Waals surface area contributed by atoms with E-state index in [0.717, 1.165) is 10.5 Å². The van der Waals surface area contributed by atoms with E-state index in [9.17, 15) is 19.2 Å². The summed E-state index contributed by atoms with van der Waals surface area (Å²) >= 11 is 5.99. The molecule has 1 unspecified atom stereocenters. The number of methoxy groups -OCH3 is 1. The van der Waals surface area contributed by atoms with Gasteiger partial charge in [-0.1, -0.05) is 23.7 Å². The van der Waals surface area contributed by atoms with Gasteiger partial charge in [-0.15, -0.1) is 0 Å². The normalized spacial score (nSPS) is 14.9. The molecule has 3 aromatic rings. The molecule has 1 N–H and O–H groups in total. The molecule has 4 amide bonds. The molecule has 0 radical (unpaired) electrons. The van der Waals surface area contributed by atoms with Crippen molar-refractivity contribution in [1.82, 2.24) is 4.90 Å². The number of hydrogen-bond donors (Lipinski definition) is 1. The first-order valence-corrected chi connectivity index (χ1v) is 12.8. The fraction of sp³-hybridized carbons (Fsp3) is 0.241. The molecule has 1 heterocycles. The monoisotopic (exact) mass is 549 g/mol. The average Bonchev–Trinajstić information content (AvgIpc) is 3.16. The standard InChI is InChI=1S/C29H28ClN3O6/c1-3-39-28(36)20-6-10-22(11-7-20)31-26(34)18-25-27(35)33(23-12-8-21(30)9-13-23)29(37)32(25)17-16-19-4-14-24(38-2)15-5-19/h4-15,25H,3,16-18H2,1-2H3,(H,31,34). The van der Waals surface area contributed by atoms with Gasteiger partial charge in [0.05, 0.1) is 31.4 Å². The van der Waals surface area contributed by atoms with Crippen molar-refractivity contribution < 1.29 is 28.7 Å². The van der Waals surface area contributed by atoms with E-state index >= 15 is 0 Å². The highest BCUT2D eigenvalue weighted by molar-refractivity contribution is 6.30. The zero-order valence-corrected chi connectivity index (χ0v) is 22.3. The van der Waals surface area contributed by atoms with Crippen LogP contribution in [0.3, 0.4) is 0 Å². The van der Waals surface area contributed by atoms with Crippen molar-refractivity contribution in [2.45, 2.75) is 25.8 Å². The van der Waals surface area contributed by atoms with Crippen LogP contribution in [0.25, 0.3) is 0 Å². The molecule has 0 aromatic heterocycles. The predicted octanol–water partition coefficient (Wildman–Crippen LogP) is 4.93. The van der Waals surface area contributed by atoms with E-state index in [2.05, 4.69) is 5.32 Å². The molecule has 9 nitrogen and oxygen atoms in total. The molecule has 202 valence electrons. The Morgan fingerprint density at radius 1 is 0.949 bits per heavy atom. The van der Waals surface area contributed by atoms with Crippen LogP contribution >= 0.6 is 11.6 Å². The number of benzene rings is 3. The van der Waals surface area contributed by atoms with Crippen LogP contribution in [-0.2, 0) is 20.7 Å². The van der Waals surface area contributed by atoms with Crippen molar-refractivity contribution in [3.8, 4) is 5.75 Å². The number of carbonyl (C=O) groups is 4. The molecule has 1 saturated heterocycles. The second kappa shape index (κ2) is 12.4. The van der Waals surface area contributed by atoms with Gasteiger partial charge < -0.3 is 19.7 Å². The second-order valence-corrected chi connectivity index (χ2v) is 9.23. The lowest BCUT2D eigenvalue weighted by molar-refractivity contribution is -0.124. The fourth-order valence-electron chi connectivity index (χ4n) is 4.25. The van der Waals surface area contributed by atoms with Crippen molar-refractivity contribution in [2.24, 2.45) is 0 Å². The zero-order valence-electron chi connectivity index (χ0n) is 21.6. The van der Waals surface area contributed by atoms with E-state index in [4.69, 9.17) is 21.1 Å². The summed E-state index contributed by atoms with van der Waals surface area (Å²) in [7, 11) is 1.58. The summed E-state index contributed by atoms with van der Waals surface area (Å²) in [6, 6.07) is 18.5. The van der Waals surface area contributed by atoms with Crippen molar-refractivity contribution in [3.63, 3.8) is 0 Å². The number of nitrogens with one attached hydrogen (secondary N) is 1. The first kappa shape index (κ1) is 27.7. The Bertz CT molecular complexity index is 1340. The highest BCUT2D eigenvalue weighted by Gasteiger charge is 2.46. The van der Waals surface area contributed by atoms with Crippen LogP contribution in [-0.4, -0.2) is 55.0 Å². The molecule has 0 saturated carbocycles. The zero-order chi connectivity index (χ0) is 27.9. The first-order valence-electron chi connectivity index (χ1n) is 12.4. The molecule has 1 aliphatic rings. The van der Waals surface area contributed by atoms with Gasteiger partial charge in [-0.25, -0.2) is 14.5 Å².